The fourth-order valence-corrected chi connectivity index (χ4v) is 2.76. The maximum atomic E-state index is 12.3. The highest BCUT2D eigenvalue weighted by molar-refractivity contribution is 5.94. The number of nitrogens with one attached hydrogen (secondary N) is 1. The van der Waals surface area contributed by atoms with Gasteiger partial charge >= 0.3 is 0 Å². The molecule has 5 heteroatoms. The molecule has 3 rings (SSSR count). The Morgan fingerprint density at radius 2 is 1.87 bits per heavy atom. The molecule has 1 atom stereocenters. The average molecular weight is 309 g/mol. The molecule has 0 radical (unpaired) electrons. The Labute approximate surface area is 135 Å². The van der Waals surface area contributed by atoms with Crippen LogP contribution in [0.5, 0.6) is 0 Å². The van der Waals surface area contributed by atoms with Crippen molar-refractivity contribution in [3.63, 3.8) is 0 Å². The molecule has 1 aliphatic rings. The minimum absolute atomic E-state index is 0.00962. The van der Waals surface area contributed by atoms with E-state index in [9.17, 15) is 9.59 Å². The highest BCUT2D eigenvalue weighted by Gasteiger charge is 2.27. The molecular formula is C18H19N3O2. The zero-order chi connectivity index (χ0) is 16.1. The molecule has 0 aliphatic carbocycles. The average Bonchev–Trinajstić information content (AvgIpc) is 3.05. The summed E-state index contributed by atoms with van der Waals surface area (Å²) in [6, 6.07) is 13.1. The second-order valence-electron chi connectivity index (χ2n) is 5.70. The van der Waals surface area contributed by atoms with E-state index in [4.69, 9.17) is 0 Å². The van der Waals surface area contributed by atoms with Crippen molar-refractivity contribution in [2.75, 3.05) is 13.1 Å². The van der Waals surface area contributed by atoms with Crippen LogP contribution in [-0.2, 0) is 11.2 Å². The van der Waals surface area contributed by atoms with Gasteiger partial charge in [-0.1, -0.05) is 30.3 Å². The molecule has 1 N–H and O–H groups in total. The molecule has 1 aromatic carbocycles. The number of aromatic nitrogens is 1. The first-order valence-corrected chi connectivity index (χ1v) is 7.75. The number of likely N-dealkylation sites (tertiary alicyclic amines) is 1. The third-order valence-electron chi connectivity index (χ3n) is 4.02. The standard InChI is InChI=1S/C18H19N3O2/c22-17(12-14-4-2-1-3-5-14)21-11-8-16(13-21)20-18(23)15-6-9-19-10-7-15/h1-7,9-10,16H,8,11-13H2,(H,20,23)/t16-/m1/s1. The minimum atomic E-state index is -0.116. The second-order valence-corrected chi connectivity index (χ2v) is 5.70. The van der Waals surface area contributed by atoms with E-state index < -0.39 is 0 Å². The molecule has 2 heterocycles. The molecule has 23 heavy (non-hydrogen) atoms. The van der Waals surface area contributed by atoms with Crippen molar-refractivity contribution in [3.05, 3.63) is 66.0 Å². The molecule has 2 amide bonds. The van der Waals surface area contributed by atoms with Gasteiger partial charge in [0.25, 0.3) is 5.91 Å². The zero-order valence-corrected chi connectivity index (χ0v) is 12.8. The third-order valence-corrected chi connectivity index (χ3v) is 4.02. The Hall–Kier alpha value is -2.69. The number of nitrogens with zero attached hydrogens (tertiary/aromatic N) is 2. The van der Waals surface area contributed by atoms with Gasteiger partial charge in [0.1, 0.15) is 0 Å². The van der Waals surface area contributed by atoms with Crippen LogP contribution in [0, 0.1) is 0 Å². The van der Waals surface area contributed by atoms with Gasteiger partial charge < -0.3 is 10.2 Å². The highest BCUT2D eigenvalue weighted by atomic mass is 16.2. The summed E-state index contributed by atoms with van der Waals surface area (Å²) in [6.07, 6.45) is 4.39. The van der Waals surface area contributed by atoms with Crippen molar-refractivity contribution in [1.82, 2.24) is 15.2 Å². The van der Waals surface area contributed by atoms with Crippen molar-refractivity contribution in [2.45, 2.75) is 18.9 Å². The first-order valence-electron chi connectivity index (χ1n) is 7.75. The summed E-state index contributed by atoms with van der Waals surface area (Å²) in [4.78, 5) is 30.2. The lowest BCUT2D eigenvalue weighted by molar-refractivity contribution is -0.129. The van der Waals surface area contributed by atoms with Crippen LogP contribution in [-0.4, -0.2) is 40.8 Å². The Kier molecular flexibility index (Phi) is 4.66. The summed E-state index contributed by atoms with van der Waals surface area (Å²) in [5, 5.41) is 2.98. The molecule has 2 aromatic rings. The van der Waals surface area contributed by atoms with E-state index in [-0.39, 0.29) is 17.9 Å². The van der Waals surface area contributed by atoms with Crippen molar-refractivity contribution in [2.24, 2.45) is 0 Å². The number of hydrogen-bond donors (Lipinski definition) is 1. The maximum absolute atomic E-state index is 12.3. The van der Waals surface area contributed by atoms with Crippen molar-refractivity contribution < 1.29 is 9.59 Å². The van der Waals surface area contributed by atoms with Gasteiger partial charge in [0.15, 0.2) is 0 Å². The van der Waals surface area contributed by atoms with Crippen LogP contribution >= 0.6 is 0 Å². The molecule has 1 aromatic heterocycles. The smallest absolute Gasteiger partial charge is 0.251 e. The Morgan fingerprint density at radius 3 is 2.61 bits per heavy atom. The van der Waals surface area contributed by atoms with Crippen molar-refractivity contribution in [1.29, 1.82) is 0 Å². The van der Waals surface area contributed by atoms with Gasteiger partial charge in [-0.3, -0.25) is 14.6 Å². The van der Waals surface area contributed by atoms with Crippen molar-refractivity contribution in [3.8, 4) is 0 Å². The van der Waals surface area contributed by atoms with Gasteiger partial charge in [0.2, 0.25) is 5.91 Å². The molecule has 1 aliphatic heterocycles. The molecule has 1 fully saturated rings. The van der Waals surface area contributed by atoms with E-state index in [2.05, 4.69) is 10.3 Å². The van der Waals surface area contributed by atoms with Crippen LogP contribution in [0.4, 0.5) is 0 Å². The molecule has 0 saturated carbocycles. The van der Waals surface area contributed by atoms with Crippen LogP contribution in [0.1, 0.15) is 22.3 Å². The largest absolute Gasteiger partial charge is 0.347 e. The zero-order valence-electron chi connectivity index (χ0n) is 12.8. The number of carbonyl (C=O) groups excluding carboxylic acids is 2. The van der Waals surface area contributed by atoms with Gasteiger partial charge in [0.05, 0.1) is 6.42 Å². The number of rotatable bonds is 4. The fourth-order valence-electron chi connectivity index (χ4n) is 2.76. The lowest BCUT2D eigenvalue weighted by atomic mass is 10.1. The van der Waals surface area contributed by atoms with E-state index >= 15 is 0 Å². The van der Waals surface area contributed by atoms with Gasteiger partial charge in [0, 0.05) is 37.1 Å². The predicted octanol–water partition coefficient (Wildman–Crippen LogP) is 1.65. The van der Waals surface area contributed by atoms with Gasteiger partial charge in [-0.25, -0.2) is 0 Å². The van der Waals surface area contributed by atoms with E-state index in [1.54, 1.807) is 24.5 Å². The SMILES string of the molecule is O=C(N[C@@H]1CCN(C(=O)Cc2ccccc2)C1)c1ccncc1. The molecule has 5 nitrogen and oxygen atoms in total. The van der Waals surface area contributed by atoms with Crippen LogP contribution in [0.25, 0.3) is 0 Å². The van der Waals surface area contributed by atoms with Crippen LogP contribution in [0.15, 0.2) is 54.9 Å². The van der Waals surface area contributed by atoms with E-state index in [1.165, 1.54) is 0 Å². The molecule has 0 unspecified atom stereocenters. The Bertz CT molecular complexity index is 673. The Morgan fingerprint density at radius 1 is 1.13 bits per heavy atom. The van der Waals surface area contributed by atoms with E-state index in [0.29, 0.717) is 25.1 Å². The molecule has 0 bridgehead atoms. The number of pyridine rings is 1. The number of hydrogen-bond acceptors (Lipinski definition) is 3. The molecular weight excluding hydrogens is 290 g/mol. The number of carbonyl (C=O) groups is 2. The lowest BCUT2D eigenvalue weighted by Gasteiger charge is -2.17. The molecule has 0 spiro atoms. The summed E-state index contributed by atoms with van der Waals surface area (Å²) >= 11 is 0. The summed E-state index contributed by atoms with van der Waals surface area (Å²) < 4.78 is 0. The van der Waals surface area contributed by atoms with Gasteiger partial charge in [-0.05, 0) is 24.1 Å². The summed E-state index contributed by atoms with van der Waals surface area (Å²) in [7, 11) is 0. The van der Waals surface area contributed by atoms with Gasteiger partial charge in [-0.2, -0.15) is 0 Å². The number of benzene rings is 1. The van der Waals surface area contributed by atoms with Crippen LogP contribution < -0.4 is 5.32 Å². The topological polar surface area (TPSA) is 62.3 Å². The van der Waals surface area contributed by atoms with Crippen LogP contribution in [0.2, 0.25) is 0 Å². The molecule has 118 valence electrons. The first-order chi connectivity index (χ1) is 11.2. The molecule has 1 saturated heterocycles. The second kappa shape index (κ2) is 7.05. The quantitative estimate of drug-likeness (QED) is 0.934. The predicted molar refractivity (Wildman–Crippen MR) is 86.8 cm³/mol. The van der Waals surface area contributed by atoms with E-state index in [1.807, 2.05) is 35.2 Å². The normalized spacial score (nSPS) is 17.0. The minimum Gasteiger partial charge on any atom is -0.347 e. The Balaban J connectivity index is 1.52. The lowest BCUT2D eigenvalue weighted by Crippen LogP contribution is -2.38. The number of amides is 2. The fraction of sp³-hybridized carbons (Fsp3) is 0.278. The summed E-state index contributed by atoms with van der Waals surface area (Å²) in [5.74, 6) is -0.00776. The van der Waals surface area contributed by atoms with Crippen molar-refractivity contribution >= 4 is 11.8 Å². The first kappa shape index (κ1) is 15.2. The maximum Gasteiger partial charge on any atom is 0.251 e. The third kappa shape index (κ3) is 3.94. The van der Waals surface area contributed by atoms with E-state index in [0.717, 1.165) is 12.0 Å². The monoisotopic (exact) mass is 309 g/mol. The summed E-state index contributed by atoms with van der Waals surface area (Å²) in [5.41, 5.74) is 1.61. The summed E-state index contributed by atoms with van der Waals surface area (Å²) in [6.45, 7) is 1.26. The van der Waals surface area contributed by atoms with Gasteiger partial charge in [-0.15, -0.1) is 0 Å². The highest BCUT2D eigenvalue weighted by Crippen LogP contribution is 2.12. The van der Waals surface area contributed by atoms with Crippen LogP contribution in [0.3, 0.4) is 0 Å².